The molecule has 1 aliphatic heterocycles. The number of fused-ring (bicyclic) bond motifs is 1. The second-order valence-corrected chi connectivity index (χ2v) is 9.70. The van der Waals surface area contributed by atoms with Crippen molar-refractivity contribution < 1.29 is 37.2 Å². The van der Waals surface area contributed by atoms with Gasteiger partial charge in [-0.1, -0.05) is 12.1 Å². The smallest absolute Gasteiger partial charge is 0.263 e. The Kier molecular flexibility index (Phi) is 7.49. The molecule has 0 unspecified atom stereocenters. The molecule has 4 aromatic rings. The van der Waals surface area contributed by atoms with E-state index in [1.165, 1.54) is 37.6 Å². The molecule has 2 aromatic carbocycles. The number of methoxy groups -OCH3 is 1. The zero-order valence-corrected chi connectivity index (χ0v) is 21.7. The van der Waals surface area contributed by atoms with Gasteiger partial charge in [0.2, 0.25) is 12.5 Å². The average molecular weight is 564 g/mol. The number of nitriles is 1. The molecule has 5 rings (SSSR count). The van der Waals surface area contributed by atoms with Crippen LogP contribution in [0.15, 0.2) is 65.7 Å². The number of aliphatic hydroxyl groups excluding tert-OH is 1. The number of para-hydroxylation sites is 2. The Hall–Kier alpha value is -5.13. The SMILES string of the molecule is COc1ccccc1Oc1c(NS(=O)(=O)c2ccc3c(c2)OCO3)nc(-c2ccnc(C#N)c2)nc1OCCO. The van der Waals surface area contributed by atoms with Crippen LogP contribution in [-0.4, -0.2) is 55.6 Å². The molecule has 2 N–H and O–H groups in total. The van der Waals surface area contributed by atoms with Crippen LogP contribution in [-0.2, 0) is 10.0 Å². The number of nitrogens with one attached hydrogen (secondary N) is 1. The third-order valence-electron chi connectivity index (χ3n) is 5.46. The number of ether oxygens (including phenoxy) is 5. The standard InChI is InChI=1S/C26H21N5O8S/c1-35-19-4-2-3-5-21(19)39-23-25(31-40(33,34)18-6-7-20-22(13-18)38-15-37-20)29-24(30-26(23)36-11-10-32)16-8-9-28-17(12-16)14-27/h2-9,12-13,32H,10-11,15H2,1H3,(H,29,30,31). The molecule has 1 aliphatic rings. The van der Waals surface area contributed by atoms with Crippen LogP contribution in [0.25, 0.3) is 11.4 Å². The predicted molar refractivity (Wildman–Crippen MR) is 139 cm³/mol. The van der Waals surface area contributed by atoms with Crippen molar-refractivity contribution in [3.8, 4) is 52.1 Å². The number of hydrogen-bond acceptors (Lipinski definition) is 12. The number of aliphatic hydroxyl groups is 1. The van der Waals surface area contributed by atoms with Gasteiger partial charge in [-0.25, -0.2) is 18.4 Å². The van der Waals surface area contributed by atoms with E-state index < -0.39 is 10.0 Å². The summed E-state index contributed by atoms with van der Waals surface area (Å²) in [6, 6.07) is 15.7. The maximum Gasteiger partial charge on any atom is 0.263 e. The van der Waals surface area contributed by atoms with Crippen LogP contribution in [0.5, 0.6) is 34.6 Å². The lowest BCUT2D eigenvalue weighted by atomic mass is 10.2. The van der Waals surface area contributed by atoms with Gasteiger partial charge in [0.15, 0.2) is 34.6 Å². The van der Waals surface area contributed by atoms with E-state index in [-0.39, 0.29) is 65.4 Å². The number of anilines is 1. The minimum absolute atomic E-state index is 0.00241. The minimum atomic E-state index is -4.27. The van der Waals surface area contributed by atoms with Crippen LogP contribution in [0.1, 0.15) is 5.69 Å². The van der Waals surface area contributed by atoms with Gasteiger partial charge in [-0.05, 0) is 36.4 Å². The molecule has 204 valence electrons. The molecule has 0 bridgehead atoms. The van der Waals surface area contributed by atoms with E-state index in [1.807, 2.05) is 6.07 Å². The monoisotopic (exact) mass is 563 g/mol. The van der Waals surface area contributed by atoms with E-state index in [4.69, 9.17) is 23.7 Å². The fraction of sp³-hybridized carbons (Fsp3) is 0.154. The van der Waals surface area contributed by atoms with Crippen LogP contribution in [0, 0.1) is 11.3 Å². The Bertz CT molecular complexity index is 1710. The fourth-order valence-electron chi connectivity index (χ4n) is 3.63. The van der Waals surface area contributed by atoms with Crippen molar-refractivity contribution >= 4 is 15.8 Å². The molecule has 0 saturated heterocycles. The lowest BCUT2D eigenvalue weighted by molar-refractivity contribution is 0.174. The van der Waals surface area contributed by atoms with Gasteiger partial charge in [-0.3, -0.25) is 4.72 Å². The first-order chi connectivity index (χ1) is 19.4. The molecule has 0 amide bonds. The molecule has 0 radical (unpaired) electrons. The Morgan fingerprint density at radius 3 is 2.65 bits per heavy atom. The highest BCUT2D eigenvalue weighted by atomic mass is 32.2. The molecule has 2 aromatic heterocycles. The molecular weight excluding hydrogens is 542 g/mol. The Morgan fingerprint density at radius 2 is 1.88 bits per heavy atom. The second kappa shape index (κ2) is 11.3. The van der Waals surface area contributed by atoms with Gasteiger partial charge in [0.1, 0.15) is 18.4 Å². The summed E-state index contributed by atoms with van der Waals surface area (Å²) < 4.78 is 57.2. The lowest BCUT2D eigenvalue weighted by Gasteiger charge is -2.18. The molecule has 3 heterocycles. The molecule has 14 heteroatoms. The second-order valence-electron chi connectivity index (χ2n) is 8.02. The number of rotatable bonds is 10. The summed E-state index contributed by atoms with van der Waals surface area (Å²) in [6.07, 6.45) is 1.39. The topological polar surface area (TPSA) is 175 Å². The van der Waals surface area contributed by atoms with Crippen molar-refractivity contribution in [1.82, 2.24) is 15.0 Å². The van der Waals surface area contributed by atoms with E-state index in [0.29, 0.717) is 17.1 Å². The summed E-state index contributed by atoms with van der Waals surface area (Å²) in [4.78, 5) is 12.6. The number of benzene rings is 2. The number of pyridine rings is 1. The fourth-order valence-corrected chi connectivity index (χ4v) is 4.65. The maximum atomic E-state index is 13.5. The molecule has 40 heavy (non-hydrogen) atoms. The van der Waals surface area contributed by atoms with Crippen molar-refractivity contribution in [3.05, 3.63) is 66.5 Å². The summed E-state index contributed by atoms with van der Waals surface area (Å²) in [5, 5.41) is 18.7. The van der Waals surface area contributed by atoms with E-state index in [9.17, 15) is 18.8 Å². The predicted octanol–water partition coefficient (Wildman–Crippen LogP) is 3.11. The van der Waals surface area contributed by atoms with E-state index in [0.717, 1.165) is 0 Å². The van der Waals surface area contributed by atoms with Crippen LogP contribution >= 0.6 is 0 Å². The summed E-state index contributed by atoms with van der Waals surface area (Å²) in [7, 11) is -2.82. The molecular formula is C26H21N5O8S. The minimum Gasteiger partial charge on any atom is -0.493 e. The molecule has 0 fully saturated rings. The first kappa shape index (κ1) is 26.5. The van der Waals surface area contributed by atoms with Crippen LogP contribution in [0.4, 0.5) is 5.82 Å². The van der Waals surface area contributed by atoms with Gasteiger partial charge in [0, 0.05) is 17.8 Å². The van der Waals surface area contributed by atoms with Gasteiger partial charge in [0.25, 0.3) is 15.9 Å². The molecule has 0 atom stereocenters. The van der Waals surface area contributed by atoms with E-state index >= 15 is 0 Å². The number of sulfonamides is 1. The zero-order valence-electron chi connectivity index (χ0n) is 20.9. The van der Waals surface area contributed by atoms with Gasteiger partial charge < -0.3 is 28.8 Å². The summed E-state index contributed by atoms with van der Waals surface area (Å²) in [5.74, 6) is 0.591. The summed E-state index contributed by atoms with van der Waals surface area (Å²) >= 11 is 0. The molecule has 0 saturated carbocycles. The van der Waals surface area contributed by atoms with Gasteiger partial charge in [0.05, 0.1) is 18.6 Å². The highest BCUT2D eigenvalue weighted by Crippen LogP contribution is 2.42. The van der Waals surface area contributed by atoms with Crippen molar-refractivity contribution in [2.75, 3.05) is 31.8 Å². The van der Waals surface area contributed by atoms with Crippen LogP contribution < -0.4 is 28.4 Å². The van der Waals surface area contributed by atoms with Gasteiger partial charge >= 0.3 is 0 Å². The summed E-state index contributed by atoms with van der Waals surface area (Å²) in [6.45, 7) is -0.576. The lowest BCUT2D eigenvalue weighted by Crippen LogP contribution is -2.16. The van der Waals surface area contributed by atoms with Crippen LogP contribution in [0.2, 0.25) is 0 Å². The van der Waals surface area contributed by atoms with E-state index in [1.54, 1.807) is 30.3 Å². The third kappa shape index (κ3) is 5.51. The quantitative estimate of drug-likeness (QED) is 0.289. The average Bonchev–Trinajstić information content (AvgIpc) is 3.45. The Labute approximate surface area is 228 Å². The first-order valence-electron chi connectivity index (χ1n) is 11.7. The highest BCUT2D eigenvalue weighted by Gasteiger charge is 2.27. The third-order valence-corrected chi connectivity index (χ3v) is 6.80. The van der Waals surface area contributed by atoms with Crippen molar-refractivity contribution in [3.63, 3.8) is 0 Å². The molecule has 0 aliphatic carbocycles. The number of hydrogen-bond donors (Lipinski definition) is 2. The van der Waals surface area contributed by atoms with Gasteiger partial charge in [-0.2, -0.15) is 10.2 Å². The Morgan fingerprint density at radius 1 is 1.07 bits per heavy atom. The molecule has 13 nitrogen and oxygen atoms in total. The highest BCUT2D eigenvalue weighted by molar-refractivity contribution is 7.92. The van der Waals surface area contributed by atoms with Crippen molar-refractivity contribution in [1.29, 1.82) is 5.26 Å². The molecule has 0 spiro atoms. The van der Waals surface area contributed by atoms with Crippen LogP contribution in [0.3, 0.4) is 0 Å². The van der Waals surface area contributed by atoms with Crippen molar-refractivity contribution in [2.45, 2.75) is 4.90 Å². The first-order valence-corrected chi connectivity index (χ1v) is 13.2. The van der Waals surface area contributed by atoms with Gasteiger partial charge in [-0.15, -0.1) is 0 Å². The largest absolute Gasteiger partial charge is 0.493 e. The normalized spacial score (nSPS) is 11.9. The summed E-state index contributed by atoms with van der Waals surface area (Å²) in [5.41, 5.74) is 0.448. The van der Waals surface area contributed by atoms with E-state index in [2.05, 4.69) is 19.7 Å². The van der Waals surface area contributed by atoms with Crippen molar-refractivity contribution in [2.24, 2.45) is 0 Å². The number of aromatic nitrogens is 3. The Balaban J connectivity index is 1.66. The maximum absolute atomic E-state index is 13.5. The number of nitrogens with zero attached hydrogens (tertiary/aromatic N) is 4. The zero-order chi connectivity index (χ0) is 28.1.